The Morgan fingerprint density at radius 3 is 2.89 bits per heavy atom. The van der Waals surface area contributed by atoms with Gasteiger partial charge in [-0.05, 0) is 50.8 Å². The number of amides is 1. The molecule has 2 heterocycles. The molecule has 3 unspecified atom stereocenters. The monoisotopic (exact) mass is 374 g/mol. The fraction of sp³-hybridized carbons (Fsp3) is 0.632. The van der Waals surface area contributed by atoms with Gasteiger partial charge in [0, 0.05) is 13.1 Å². The maximum Gasteiger partial charge on any atom is 0.240 e. The van der Waals surface area contributed by atoms with E-state index in [2.05, 4.69) is 33.4 Å². The van der Waals surface area contributed by atoms with Crippen LogP contribution in [0.15, 0.2) is 28.8 Å². The van der Waals surface area contributed by atoms with Crippen molar-refractivity contribution in [3.63, 3.8) is 0 Å². The molecule has 148 valence electrons. The number of hydrogen-bond donors (Lipinski definition) is 4. The highest BCUT2D eigenvalue weighted by Crippen LogP contribution is 2.21. The molecule has 1 amide bonds. The largest absolute Gasteiger partial charge is 0.386 e. The molecule has 8 heteroatoms. The molecule has 0 saturated carbocycles. The molecule has 3 rings (SSSR count). The van der Waals surface area contributed by atoms with Crippen molar-refractivity contribution in [1.82, 2.24) is 15.1 Å². The zero-order valence-corrected chi connectivity index (χ0v) is 15.9. The molecule has 0 spiro atoms. The van der Waals surface area contributed by atoms with E-state index in [4.69, 9.17) is 11.1 Å². The number of hydrogen-bond acceptors (Lipinski definition) is 5. The number of nitrogens with zero attached hydrogens (tertiary/aromatic N) is 3. The van der Waals surface area contributed by atoms with E-state index in [0.29, 0.717) is 12.4 Å². The molecule has 0 bridgehead atoms. The molecule has 0 aromatic rings. The number of aliphatic hydroxyl groups is 1. The van der Waals surface area contributed by atoms with Gasteiger partial charge in [0.25, 0.3) is 0 Å². The van der Waals surface area contributed by atoms with Crippen LogP contribution in [0.25, 0.3) is 0 Å². The fourth-order valence-electron chi connectivity index (χ4n) is 3.97. The number of amidine groups is 2. The second-order valence-electron chi connectivity index (χ2n) is 7.58. The predicted molar refractivity (Wildman–Crippen MR) is 106 cm³/mol. The first kappa shape index (κ1) is 19.6. The van der Waals surface area contributed by atoms with E-state index in [0.717, 1.165) is 26.1 Å². The summed E-state index contributed by atoms with van der Waals surface area (Å²) in [5.74, 6) is 0.347. The summed E-state index contributed by atoms with van der Waals surface area (Å²) < 4.78 is 0. The Kier molecular flexibility index (Phi) is 6.28. The van der Waals surface area contributed by atoms with E-state index >= 15 is 0 Å². The molecule has 2 aliphatic heterocycles. The van der Waals surface area contributed by atoms with Crippen molar-refractivity contribution in [3.05, 3.63) is 23.8 Å². The topological polar surface area (TPSA) is 118 Å². The van der Waals surface area contributed by atoms with Gasteiger partial charge in [0.2, 0.25) is 5.91 Å². The fourth-order valence-corrected chi connectivity index (χ4v) is 3.97. The van der Waals surface area contributed by atoms with Crippen molar-refractivity contribution < 1.29 is 9.90 Å². The van der Waals surface area contributed by atoms with Crippen LogP contribution in [0.5, 0.6) is 0 Å². The number of nitrogens with two attached hydrogens (primary N) is 1. The lowest BCUT2D eigenvalue weighted by molar-refractivity contribution is -0.122. The van der Waals surface area contributed by atoms with Crippen LogP contribution < -0.4 is 11.1 Å². The third-order valence-corrected chi connectivity index (χ3v) is 5.13. The van der Waals surface area contributed by atoms with Crippen LogP contribution in [-0.4, -0.2) is 77.5 Å². The zero-order chi connectivity index (χ0) is 19.4. The molecule has 8 nitrogen and oxygen atoms in total. The van der Waals surface area contributed by atoms with Gasteiger partial charge in [0.05, 0.1) is 6.54 Å². The zero-order valence-electron chi connectivity index (χ0n) is 15.9. The molecule has 1 aliphatic carbocycles. The van der Waals surface area contributed by atoms with Gasteiger partial charge in [-0.15, -0.1) is 0 Å². The van der Waals surface area contributed by atoms with Gasteiger partial charge >= 0.3 is 0 Å². The van der Waals surface area contributed by atoms with Crippen LogP contribution in [0.3, 0.4) is 0 Å². The number of likely N-dealkylation sites (tertiary alicyclic amines) is 1. The third-order valence-electron chi connectivity index (χ3n) is 5.13. The molecule has 2 saturated heterocycles. The Morgan fingerprint density at radius 1 is 1.48 bits per heavy atom. The van der Waals surface area contributed by atoms with Crippen LogP contribution in [0.1, 0.15) is 26.2 Å². The van der Waals surface area contributed by atoms with Crippen molar-refractivity contribution in [2.75, 3.05) is 32.7 Å². The summed E-state index contributed by atoms with van der Waals surface area (Å²) in [7, 11) is 0. The highest BCUT2D eigenvalue weighted by molar-refractivity contribution is 6.12. The molecule has 5 N–H and O–H groups in total. The van der Waals surface area contributed by atoms with Crippen molar-refractivity contribution in [3.8, 4) is 0 Å². The van der Waals surface area contributed by atoms with E-state index in [1.165, 1.54) is 18.4 Å². The van der Waals surface area contributed by atoms with E-state index in [9.17, 15) is 9.90 Å². The average molecular weight is 374 g/mol. The number of nitrogens with one attached hydrogen (secondary N) is 2. The van der Waals surface area contributed by atoms with Gasteiger partial charge in [0.1, 0.15) is 23.9 Å². The summed E-state index contributed by atoms with van der Waals surface area (Å²) >= 11 is 0. The molecule has 27 heavy (non-hydrogen) atoms. The Balaban J connectivity index is 1.73. The minimum absolute atomic E-state index is 0.158. The predicted octanol–water partition coefficient (Wildman–Crippen LogP) is 0.0579. The minimum Gasteiger partial charge on any atom is -0.386 e. The normalized spacial score (nSPS) is 29.0. The highest BCUT2D eigenvalue weighted by Gasteiger charge is 2.34. The number of allylic oxidation sites excluding steroid dienone is 1. The van der Waals surface area contributed by atoms with E-state index in [1.54, 1.807) is 6.92 Å². The lowest BCUT2D eigenvalue weighted by Crippen LogP contribution is -2.63. The standard InChI is InChI=1S/C19H30N6O2/c1-13(26)22-19-17(18(20)21)23-16(27)12-25(19)11-15-6-4-5-14(9-15)10-24-7-2-3-8-24/h4-5,9,13,15,17,26H,2-3,6-8,10-12H2,1H3,(H3,20,21)(H,23,27). The van der Waals surface area contributed by atoms with E-state index in [1.807, 2.05) is 4.90 Å². The van der Waals surface area contributed by atoms with Gasteiger partial charge < -0.3 is 21.1 Å². The molecule has 0 radical (unpaired) electrons. The first-order valence-corrected chi connectivity index (χ1v) is 9.66. The number of aliphatic hydroxyl groups excluding tert-OH is 1. The summed E-state index contributed by atoms with van der Waals surface area (Å²) in [6, 6.07) is -0.784. The number of carbonyl (C=O) groups excluding carboxylic acids is 1. The summed E-state index contributed by atoms with van der Waals surface area (Å²) in [4.78, 5) is 20.7. The molecule has 0 aromatic heterocycles. The summed E-state index contributed by atoms with van der Waals surface area (Å²) in [6.45, 7) is 5.61. The summed E-state index contributed by atoms with van der Waals surface area (Å²) in [5, 5.41) is 20.2. The Bertz CT molecular complexity index is 663. The lowest BCUT2D eigenvalue weighted by Gasteiger charge is -2.37. The number of piperazine rings is 1. The minimum atomic E-state index is -0.924. The first-order chi connectivity index (χ1) is 12.9. The van der Waals surface area contributed by atoms with Crippen LogP contribution >= 0.6 is 0 Å². The Labute approximate surface area is 160 Å². The van der Waals surface area contributed by atoms with Crippen LogP contribution in [0.4, 0.5) is 0 Å². The summed E-state index contributed by atoms with van der Waals surface area (Å²) in [6.07, 6.45) is 9.19. The van der Waals surface area contributed by atoms with Crippen LogP contribution in [0.2, 0.25) is 0 Å². The van der Waals surface area contributed by atoms with Crippen LogP contribution in [0, 0.1) is 11.3 Å². The maximum atomic E-state index is 12.1. The smallest absolute Gasteiger partial charge is 0.240 e. The van der Waals surface area contributed by atoms with E-state index < -0.39 is 12.3 Å². The first-order valence-electron chi connectivity index (χ1n) is 9.66. The molecular weight excluding hydrogens is 344 g/mol. The lowest BCUT2D eigenvalue weighted by atomic mass is 9.94. The van der Waals surface area contributed by atoms with Crippen LogP contribution in [-0.2, 0) is 4.79 Å². The van der Waals surface area contributed by atoms with E-state index in [-0.39, 0.29) is 24.2 Å². The number of aliphatic imine (C=N–C) groups is 1. The van der Waals surface area contributed by atoms with Gasteiger partial charge in [-0.2, -0.15) is 0 Å². The SMILES string of the molecule is CC(O)N=C1C(C(=N)N)NC(=O)CN1CC1C=C(CN2CCCC2)C=CC1. The van der Waals surface area contributed by atoms with Gasteiger partial charge in [0.15, 0.2) is 0 Å². The quantitative estimate of drug-likeness (QED) is 0.387. The van der Waals surface area contributed by atoms with Gasteiger partial charge in [-0.1, -0.05) is 18.2 Å². The third kappa shape index (κ3) is 5.17. The Morgan fingerprint density at radius 2 is 2.22 bits per heavy atom. The number of carbonyl (C=O) groups is 1. The van der Waals surface area contributed by atoms with Crippen molar-refractivity contribution in [2.24, 2.45) is 16.6 Å². The second-order valence-corrected chi connectivity index (χ2v) is 7.58. The van der Waals surface area contributed by atoms with Crippen molar-refractivity contribution >= 4 is 17.6 Å². The maximum absolute atomic E-state index is 12.1. The molecule has 0 aromatic carbocycles. The molecule has 3 atom stereocenters. The average Bonchev–Trinajstić information content (AvgIpc) is 3.09. The van der Waals surface area contributed by atoms with Crippen molar-refractivity contribution in [2.45, 2.75) is 38.5 Å². The van der Waals surface area contributed by atoms with Gasteiger partial charge in [-0.25, -0.2) is 4.99 Å². The van der Waals surface area contributed by atoms with Crippen molar-refractivity contribution in [1.29, 1.82) is 5.41 Å². The highest BCUT2D eigenvalue weighted by atomic mass is 16.3. The molecule has 2 fully saturated rings. The second kappa shape index (κ2) is 8.67. The summed E-state index contributed by atoms with van der Waals surface area (Å²) in [5.41, 5.74) is 6.97. The Hall–Kier alpha value is -2.19. The number of rotatable bonds is 6. The molecule has 3 aliphatic rings. The molecular formula is C19H30N6O2. The van der Waals surface area contributed by atoms with Gasteiger partial charge in [-0.3, -0.25) is 15.1 Å².